The Bertz CT molecular complexity index is 467. The summed E-state index contributed by atoms with van der Waals surface area (Å²) in [6.07, 6.45) is 2.39. The lowest BCUT2D eigenvalue weighted by atomic mass is 10.5. The van der Waals surface area contributed by atoms with Crippen molar-refractivity contribution < 1.29 is 17.9 Å². The number of carbonyl (C=O) groups is 1. The van der Waals surface area contributed by atoms with Gasteiger partial charge >= 0.3 is 5.97 Å². The quantitative estimate of drug-likeness (QED) is 0.561. The van der Waals surface area contributed by atoms with E-state index >= 15 is 0 Å². The average molecular weight is 248 g/mol. The van der Waals surface area contributed by atoms with E-state index in [-0.39, 0.29) is 18.9 Å². The molecule has 0 amide bonds. The number of aromatic nitrogens is 3. The van der Waals surface area contributed by atoms with Gasteiger partial charge in [-0.15, -0.1) is 10.2 Å². The van der Waals surface area contributed by atoms with Crippen molar-refractivity contribution in [3.05, 3.63) is 12.2 Å². The van der Waals surface area contributed by atoms with Gasteiger partial charge in [-0.3, -0.25) is 4.57 Å². The maximum absolute atomic E-state index is 11.1. The Kier molecular flexibility index (Phi) is 3.93. The summed E-state index contributed by atoms with van der Waals surface area (Å²) in [5, 5.41) is 11.6. The van der Waals surface area contributed by atoms with E-state index in [2.05, 4.69) is 21.3 Å². The van der Waals surface area contributed by atoms with Gasteiger partial charge < -0.3 is 4.74 Å². The maximum atomic E-state index is 11.1. The molecule has 1 heterocycles. The third-order valence-corrected chi connectivity index (χ3v) is 2.18. The van der Waals surface area contributed by atoms with Gasteiger partial charge in [0.25, 0.3) is 10.2 Å². The maximum Gasteiger partial charge on any atom is 0.376 e. The molecule has 1 aromatic heterocycles. The van der Waals surface area contributed by atoms with Gasteiger partial charge in [0, 0.05) is 13.1 Å². The van der Waals surface area contributed by atoms with Crippen LogP contribution in [-0.4, -0.2) is 42.8 Å². The molecular weight excluding hydrogens is 238 g/mol. The van der Waals surface area contributed by atoms with Gasteiger partial charge in [-0.2, -0.15) is 8.42 Å². The molecule has 0 saturated heterocycles. The molecule has 0 aliphatic heterocycles. The predicted octanol–water partition coefficient (Wildman–Crippen LogP) is -2.34. The minimum Gasteiger partial charge on any atom is -0.463 e. The standard InChI is InChI=1S/C6H10N5O4S/c1-15-6(12)5-10-8-4-11(5)3-2-9-16(7,13)14/h9H,2-3H2,1H3,(H2,7,13,14). The zero-order valence-electron chi connectivity index (χ0n) is 8.37. The summed E-state index contributed by atoms with van der Waals surface area (Å²) in [5.74, 6) is -0.733. The second-order valence-electron chi connectivity index (χ2n) is 2.71. The first kappa shape index (κ1) is 12.5. The average Bonchev–Trinajstić information content (AvgIpc) is 2.63. The van der Waals surface area contributed by atoms with Crippen molar-refractivity contribution in [1.82, 2.24) is 19.5 Å². The Balaban J connectivity index is 2.61. The summed E-state index contributed by atoms with van der Waals surface area (Å²) in [5.41, 5.74) is 0. The van der Waals surface area contributed by atoms with Crippen molar-refractivity contribution in [2.75, 3.05) is 13.7 Å². The summed E-state index contributed by atoms with van der Waals surface area (Å²) in [6.45, 7) is 0.116. The number of nitrogens with two attached hydrogens (primary N) is 1. The predicted molar refractivity (Wildman–Crippen MR) is 51.3 cm³/mol. The first-order valence-corrected chi connectivity index (χ1v) is 5.65. The third-order valence-electron chi connectivity index (χ3n) is 1.57. The molecular formula is C6H10N5O4S. The zero-order chi connectivity index (χ0) is 12.2. The molecule has 0 aliphatic rings. The Labute approximate surface area is 91.8 Å². The molecule has 0 aliphatic carbocycles. The van der Waals surface area contributed by atoms with E-state index in [1.807, 2.05) is 4.72 Å². The van der Waals surface area contributed by atoms with Crippen LogP contribution in [0.15, 0.2) is 0 Å². The molecule has 0 unspecified atom stereocenters. The molecule has 10 heteroatoms. The largest absolute Gasteiger partial charge is 0.463 e. The van der Waals surface area contributed by atoms with Crippen molar-refractivity contribution in [1.29, 1.82) is 0 Å². The van der Waals surface area contributed by atoms with E-state index in [1.165, 1.54) is 11.7 Å². The SMILES string of the molecule is COC(=O)c1nn[c]n1CCNS(N)(=O)=O. The van der Waals surface area contributed by atoms with Crippen LogP contribution in [0.2, 0.25) is 0 Å². The van der Waals surface area contributed by atoms with Gasteiger partial charge in [0.05, 0.1) is 7.11 Å². The number of carbonyl (C=O) groups excluding carboxylic acids is 1. The van der Waals surface area contributed by atoms with Crippen LogP contribution in [0.4, 0.5) is 0 Å². The summed E-state index contributed by atoms with van der Waals surface area (Å²) < 4.78 is 28.8. The second-order valence-corrected chi connectivity index (χ2v) is 4.08. The molecule has 0 saturated carbocycles. The highest BCUT2D eigenvalue weighted by Gasteiger charge is 2.14. The number of ether oxygens (including phenoxy) is 1. The van der Waals surface area contributed by atoms with E-state index < -0.39 is 16.2 Å². The first-order chi connectivity index (χ1) is 7.44. The third kappa shape index (κ3) is 3.56. The Morgan fingerprint density at radius 1 is 1.69 bits per heavy atom. The highest BCUT2D eigenvalue weighted by molar-refractivity contribution is 7.87. The number of methoxy groups -OCH3 is 1. The fourth-order valence-electron chi connectivity index (χ4n) is 0.923. The lowest BCUT2D eigenvalue weighted by molar-refractivity contribution is 0.0580. The summed E-state index contributed by atoms with van der Waals surface area (Å²) in [4.78, 5) is 11.1. The number of esters is 1. The minimum atomic E-state index is -3.75. The van der Waals surface area contributed by atoms with Crippen molar-refractivity contribution in [3.63, 3.8) is 0 Å². The molecule has 16 heavy (non-hydrogen) atoms. The zero-order valence-corrected chi connectivity index (χ0v) is 9.19. The van der Waals surface area contributed by atoms with Crippen molar-refractivity contribution in [2.45, 2.75) is 6.54 Å². The molecule has 1 radical (unpaired) electrons. The van der Waals surface area contributed by atoms with Gasteiger partial charge in [-0.1, -0.05) is 0 Å². The van der Waals surface area contributed by atoms with E-state index in [9.17, 15) is 13.2 Å². The van der Waals surface area contributed by atoms with E-state index in [0.717, 1.165) is 0 Å². The van der Waals surface area contributed by atoms with Crippen LogP contribution >= 0.6 is 0 Å². The molecule has 0 bridgehead atoms. The lowest BCUT2D eigenvalue weighted by Gasteiger charge is -2.04. The number of hydrogen-bond acceptors (Lipinski definition) is 6. The van der Waals surface area contributed by atoms with Gasteiger partial charge in [0.1, 0.15) is 0 Å². The van der Waals surface area contributed by atoms with Crippen LogP contribution in [-0.2, 0) is 21.5 Å². The number of nitrogens with zero attached hydrogens (tertiary/aromatic N) is 3. The van der Waals surface area contributed by atoms with Gasteiger partial charge in [-0.25, -0.2) is 14.7 Å². The van der Waals surface area contributed by atoms with E-state index in [1.54, 1.807) is 0 Å². The smallest absolute Gasteiger partial charge is 0.376 e. The van der Waals surface area contributed by atoms with Crippen molar-refractivity contribution >= 4 is 16.2 Å². The molecule has 3 N–H and O–H groups in total. The van der Waals surface area contributed by atoms with Crippen LogP contribution in [0.25, 0.3) is 0 Å². The number of hydrogen-bond donors (Lipinski definition) is 2. The highest BCUT2D eigenvalue weighted by Crippen LogP contribution is 1.96. The molecule has 89 valence electrons. The molecule has 0 fully saturated rings. The Morgan fingerprint density at radius 3 is 2.94 bits per heavy atom. The molecule has 1 aromatic rings. The number of nitrogens with one attached hydrogen (secondary N) is 1. The fourth-order valence-corrected chi connectivity index (χ4v) is 1.30. The van der Waals surface area contributed by atoms with E-state index in [4.69, 9.17) is 5.14 Å². The van der Waals surface area contributed by atoms with Gasteiger partial charge in [-0.05, 0) is 0 Å². The topological polar surface area (TPSA) is 129 Å². The summed E-state index contributed by atoms with van der Waals surface area (Å²) >= 11 is 0. The van der Waals surface area contributed by atoms with Gasteiger partial charge in [0.15, 0.2) is 0 Å². The van der Waals surface area contributed by atoms with Crippen molar-refractivity contribution in [2.24, 2.45) is 5.14 Å². The normalized spacial score (nSPS) is 11.4. The molecule has 0 spiro atoms. The number of rotatable bonds is 5. The van der Waals surface area contributed by atoms with Crippen LogP contribution in [0.5, 0.6) is 0 Å². The summed E-state index contributed by atoms with van der Waals surface area (Å²) in [6, 6.07) is 0. The van der Waals surface area contributed by atoms with Crippen LogP contribution in [0, 0.1) is 6.33 Å². The van der Waals surface area contributed by atoms with Gasteiger partial charge in [0.2, 0.25) is 12.2 Å². The lowest BCUT2D eigenvalue weighted by Crippen LogP contribution is -2.33. The van der Waals surface area contributed by atoms with E-state index in [0.29, 0.717) is 0 Å². The highest BCUT2D eigenvalue weighted by atomic mass is 32.2. The monoisotopic (exact) mass is 248 g/mol. The first-order valence-electron chi connectivity index (χ1n) is 4.10. The molecule has 1 rings (SSSR count). The second kappa shape index (κ2) is 5.01. The Morgan fingerprint density at radius 2 is 2.38 bits per heavy atom. The summed E-state index contributed by atoms with van der Waals surface area (Å²) in [7, 11) is -2.55. The Hall–Kier alpha value is -1.52. The molecule has 9 nitrogen and oxygen atoms in total. The minimum absolute atomic E-state index is 0.00261. The molecule has 0 atom stereocenters. The van der Waals surface area contributed by atoms with Crippen molar-refractivity contribution in [3.8, 4) is 0 Å². The fraction of sp³-hybridized carbons (Fsp3) is 0.500. The van der Waals surface area contributed by atoms with Crippen LogP contribution in [0.3, 0.4) is 0 Å². The van der Waals surface area contributed by atoms with Crippen LogP contribution < -0.4 is 9.86 Å². The van der Waals surface area contributed by atoms with Crippen LogP contribution in [0.1, 0.15) is 10.6 Å². The molecule has 0 aromatic carbocycles.